The standard InChI is InChI=1S/C41H44N5O9PS/c1-50-31-19-15-29(16-20-31)41(28-10-5-3-6-11-28,30-17-21-32(51-2)22-18-30)52-25-36-35(24-38(53-36)45-27-43-39(42)44-40(45)47)54-56-46-23-9-14-34(46)37(55-56)26-57(48,49)33-12-7-4-8-13-33/h3-8,10-13,15-22,27,34-38H,9,14,23-26H2,1-2H3,(H2,42,44,47)/t34-,35-,36+,37+,38+,56+/m0/s1. The summed E-state index contributed by atoms with van der Waals surface area (Å²) in [5, 5.41) is 0. The zero-order valence-electron chi connectivity index (χ0n) is 31.5. The van der Waals surface area contributed by atoms with Crippen LogP contribution in [0.4, 0.5) is 5.95 Å². The second-order valence-electron chi connectivity index (χ2n) is 14.1. The third kappa shape index (κ3) is 7.93. The number of methoxy groups -OCH3 is 2. The van der Waals surface area contributed by atoms with E-state index in [1.165, 1.54) is 10.9 Å². The van der Waals surface area contributed by atoms with Crippen LogP contribution in [-0.4, -0.2) is 85.1 Å². The van der Waals surface area contributed by atoms with Crippen LogP contribution in [0.25, 0.3) is 0 Å². The van der Waals surface area contributed by atoms with E-state index in [4.69, 9.17) is 33.7 Å². The molecule has 0 radical (unpaired) electrons. The summed E-state index contributed by atoms with van der Waals surface area (Å²) in [6.07, 6.45) is 0.460. The van der Waals surface area contributed by atoms with Crippen LogP contribution in [0.3, 0.4) is 0 Å². The highest BCUT2D eigenvalue weighted by molar-refractivity contribution is 7.91. The smallest absolute Gasteiger partial charge is 0.354 e. The molecule has 0 unspecified atom stereocenters. The minimum absolute atomic E-state index is 0.0110. The van der Waals surface area contributed by atoms with Crippen LogP contribution in [0.1, 0.15) is 42.2 Å². The predicted octanol–water partition coefficient (Wildman–Crippen LogP) is 5.48. The fourth-order valence-corrected chi connectivity index (χ4v) is 11.4. The number of ether oxygens (including phenoxy) is 4. The summed E-state index contributed by atoms with van der Waals surface area (Å²) in [7, 11) is -2.09. The summed E-state index contributed by atoms with van der Waals surface area (Å²) in [6, 6.07) is 33.7. The molecule has 14 nitrogen and oxygen atoms in total. The largest absolute Gasteiger partial charge is 0.497 e. The van der Waals surface area contributed by atoms with Gasteiger partial charge in [-0.1, -0.05) is 72.8 Å². The van der Waals surface area contributed by atoms with Gasteiger partial charge in [0.25, 0.3) is 8.53 Å². The van der Waals surface area contributed by atoms with Gasteiger partial charge in [-0.2, -0.15) is 4.98 Å². The highest BCUT2D eigenvalue weighted by Gasteiger charge is 2.51. The van der Waals surface area contributed by atoms with Crippen molar-refractivity contribution in [3.05, 3.63) is 143 Å². The maximum atomic E-state index is 13.5. The Kier molecular flexibility index (Phi) is 11.4. The Morgan fingerprint density at radius 1 is 0.860 bits per heavy atom. The Labute approximate surface area is 332 Å². The molecule has 0 aliphatic carbocycles. The van der Waals surface area contributed by atoms with Gasteiger partial charge in [0.05, 0.1) is 43.7 Å². The van der Waals surface area contributed by atoms with Crippen molar-refractivity contribution in [1.29, 1.82) is 0 Å². The number of hydrogen-bond donors (Lipinski definition) is 1. The number of aromatic nitrogens is 3. The predicted molar refractivity (Wildman–Crippen MR) is 212 cm³/mol. The van der Waals surface area contributed by atoms with Crippen molar-refractivity contribution in [1.82, 2.24) is 19.2 Å². The second kappa shape index (κ2) is 16.6. The van der Waals surface area contributed by atoms with Crippen molar-refractivity contribution in [2.75, 3.05) is 38.9 Å². The molecule has 57 heavy (non-hydrogen) atoms. The molecule has 3 aliphatic heterocycles. The number of hydrogen-bond acceptors (Lipinski definition) is 13. The number of anilines is 1. The third-order valence-corrected chi connectivity index (χ3v) is 14.3. The summed E-state index contributed by atoms with van der Waals surface area (Å²) in [5.74, 6) is 1.07. The van der Waals surface area contributed by atoms with E-state index < -0.39 is 54.2 Å². The van der Waals surface area contributed by atoms with E-state index in [-0.39, 0.29) is 35.7 Å². The van der Waals surface area contributed by atoms with E-state index >= 15 is 0 Å². The van der Waals surface area contributed by atoms with Crippen LogP contribution in [0.2, 0.25) is 0 Å². The molecule has 298 valence electrons. The van der Waals surface area contributed by atoms with Crippen molar-refractivity contribution in [2.24, 2.45) is 0 Å². The fourth-order valence-electron chi connectivity index (χ4n) is 7.85. The first-order chi connectivity index (χ1) is 27.7. The van der Waals surface area contributed by atoms with E-state index in [0.29, 0.717) is 18.0 Å². The maximum absolute atomic E-state index is 13.5. The van der Waals surface area contributed by atoms with Gasteiger partial charge in [0, 0.05) is 19.0 Å². The molecule has 3 fully saturated rings. The fraction of sp³-hybridized carbons (Fsp3) is 0.341. The lowest BCUT2D eigenvalue weighted by Crippen LogP contribution is -2.38. The summed E-state index contributed by atoms with van der Waals surface area (Å²) in [6.45, 7) is 0.713. The molecule has 6 atom stereocenters. The summed E-state index contributed by atoms with van der Waals surface area (Å²) in [4.78, 5) is 21.2. The lowest BCUT2D eigenvalue weighted by Gasteiger charge is -2.37. The van der Waals surface area contributed by atoms with E-state index in [2.05, 4.69) is 14.6 Å². The number of nitrogens with two attached hydrogens (primary N) is 1. The molecule has 0 amide bonds. The Hall–Kier alpha value is -4.73. The van der Waals surface area contributed by atoms with E-state index in [9.17, 15) is 13.2 Å². The zero-order valence-corrected chi connectivity index (χ0v) is 33.2. The molecular formula is C41H44N5O9PS. The van der Waals surface area contributed by atoms with Crippen LogP contribution in [0, 0.1) is 0 Å². The number of sulfone groups is 1. The van der Waals surface area contributed by atoms with Crippen molar-refractivity contribution < 1.29 is 36.4 Å². The van der Waals surface area contributed by atoms with Gasteiger partial charge < -0.3 is 33.7 Å². The third-order valence-electron chi connectivity index (χ3n) is 10.7. The molecular weight excluding hydrogens is 770 g/mol. The van der Waals surface area contributed by atoms with Crippen molar-refractivity contribution >= 4 is 24.3 Å². The molecule has 3 saturated heterocycles. The minimum Gasteiger partial charge on any atom is -0.497 e. The molecule has 0 saturated carbocycles. The molecule has 1 aromatic heterocycles. The highest BCUT2D eigenvalue weighted by Crippen LogP contribution is 2.58. The van der Waals surface area contributed by atoms with E-state index in [1.54, 1.807) is 44.6 Å². The summed E-state index contributed by atoms with van der Waals surface area (Å²) in [5.41, 5.74) is 6.49. The van der Waals surface area contributed by atoms with Gasteiger partial charge in [0.1, 0.15) is 35.8 Å². The molecule has 4 aromatic carbocycles. The first-order valence-electron chi connectivity index (χ1n) is 18.7. The van der Waals surface area contributed by atoms with Gasteiger partial charge in [-0.05, 0) is 65.9 Å². The van der Waals surface area contributed by atoms with Gasteiger partial charge in [-0.15, -0.1) is 0 Å². The van der Waals surface area contributed by atoms with Crippen LogP contribution < -0.4 is 20.9 Å². The average Bonchev–Trinajstić information content (AvgIpc) is 3.96. The Bertz CT molecular complexity index is 2260. The Balaban J connectivity index is 1.13. The Morgan fingerprint density at radius 2 is 1.47 bits per heavy atom. The summed E-state index contributed by atoms with van der Waals surface area (Å²) >= 11 is 0. The van der Waals surface area contributed by atoms with Crippen molar-refractivity contribution in [3.63, 3.8) is 0 Å². The SMILES string of the molecule is COc1ccc(C(OC[C@H]2O[C@@H](n3cnc(N)nc3=O)C[C@@H]2O[P@]2O[C@H](CS(=O)(=O)c3ccccc3)[C@@H]3CCCN32)(c2ccccc2)c2ccc(OC)cc2)cc1. The van der Waals surface area contributed by atoms with Crippen LogP contribution in [0.5, 0.6) is 11.5 Å². The lowest BCUT2D eigenvalue weighted by atomic mass is 9.80. The molecule has 8 rings (SSSR count). The molecule has 5 aromatic rings. The lowest BCUT2D eigenvalue weighted by molar-refractivity contribution is -0.0921. The van der Waals surface area contributed by atoms with Gasteiger partial charge >= 0.3 is 5.69 Å². The quantitative estimate of drug-likeness (QED) is 0.111. The van der Waals surface area contributed by atoms with Gasteiger partial charge in [0.2, 0.25) is 5.95 Å². The minimum atomic E-state index is -3.63. The molecule has 2 N–H and O–H groups in total. The van der Waals surface area contributed by atoms with E-state index in [0.717, 1.165) is 29.5 Å². The Morgan fingerprint density at radius 3 is 2.09 bits per heavy atom. The molecule has 4 heterocycles. The molecule has 3 aliphatic rings. The van der Waals surface area contributed by atoms with E-state index in [1.807, 2.05) is 78.9 Å². The average molecular weight is 814 g/mol. The van der Waals surface area contributed by atoms with Crippen LogP contribution in [0.15, 0.2) is 125 Å². The van der Waals surface area contributed by atoms with Gasteiger partial charge in [-0.3, -0.25) is 4.57 Å². The topological polar surface area (TPSA) is 167 Å². The summed E-state index contributed by atoms with van der Waals surface area (Å²) < 4.78 is 68.7. The first kappa shape index (κ1) is 39.1. The molecule has 16 heteroatoms. The number of rotatable bonds is 14. The molecule has 0 spiro atoms. The van der Waals surface area contributed by atoms with Crippen molar-refractivity contribution in [3.8, 4) is 11.5 Å². The van der Waals surface area contributed by atoms with Crippen LogP contribution >= 0.6 is 8.53 Å². The second-order valence-corrected chi connectivity index (χ2v) is 17.5. The monoisotopic (exact) mass is 813 g/mol. The van der Waals surface area contributed by atoms with Gasteiger partial charge in [0.15, 0.2) is 9.84 Å². The van der Waals surface area contributed by atoms with Crippen LogP contribution in [-0.2, 0) is 34.0 Å². The first-order valence-corrected chi connectivity index (χ1v) is 21.5. The van der Waals surface area contributed by atoms with Gasteiger partial charge in [-0.25, -0.2) is 22.9 Å². The number of nitrogens with zero attached hydrogens (tertiary/aromatic N) is 4. The number of benzene rings is 4. The normalized spacial score (nSPS) is 23.7. The highest BCUT2D eigenvalue weighted by atomic mass is 32.2. The number of nitrogen functional groups attached to an aromatic ring is 1. The molecule has 0 bridgehead atoms. The van der Waals surface area contributed by atoms with Crippen molar-refractivity contribution in [2.45, 2.75) is 60.3 Å². The number of fused-ring (bicyclic) bond motifs is 1. The zero-order chi connectivity index (χ0) is 39.6. The maximum Gasteiger partial charge on any atom is 0.354 e.